The van der Waals surface area contributed by atoms with Crippen molar-refractivity contribution >= 4 is 5.91 Å². The van der Waals surface area contributed by atoms with Crippen LogP contribution in [0.4, 0.5) is 0 Å². The Balaban J connectivity index is 1.90. The van der Waals surface area contributed by atoms with Gasteiger partial charge in [0.15, 0.2) is 5.82 Å². The van der Waals surface area contributed by atoms with Crippen molar-refractivity contribution in [2.75, 3.05) is 19.6 Å². The summed E-state index contributed by atoms with van der Waals surface area (Å²) >= 11 is 0. The molecule has 0 aliphatic carbocycles. The zero-order chi connectivity index (χ0) is 14.7. The average Bonchev–Trinajstić information content (AvgIpc) is 2.80. The normalized spacial score (nSPS) is 19.3. The zero-order valence-electron chi connectivity index (χ0n) is 12.0. The van der Waals surface area contributed by atoms with E-state index in [1.807, 2.05) is 35.2 Å². The summed E-state index contributed by atoms with van der Waals surface area (Å²) in [6.45, 7) is 3.95. The first-order valence-electron chi connectivity index (χ1n) is 7.12. The molecule has 1 aliphatic rings. The van der Waals surface area contributed by atoms with Crippen LogP contribution >= 0.6 is 0 Å². The Kier molecular flexibility index (Phi) is 3.96. The number of hydrogen-bond acceptors (Lipinski definition) is 5. The molecule has 1 amide bonds. The lowest BCUT2D eigenvalue weighted by molar-refractivity contribution is 0.0658. The van der Waals surface area contributed by atoms with Gasteiger partial charge in [-0.05, 0) is 32.0 Å². The fourth-order valence-electron chi connectivity index (χ4n) is 2.54. The first-order chi connectivity index (χ1) is 10.3. The summed E-state index contributed by atoms with van der Waals surface area (Å²) in [6, 6.07) is 9.08. The maximum Gasteiger partial charge on any atom is 0.254 e. The highest BCUT2D eigenvalue weighted by Gasteiger charge is 2.31. The number of nitrogens with zero attached hydrogens (tertiary/aromatic N) is 3. The highest BCUT2D eigenvalue weighted by molar-refractivity contribution is 5.94. The molecular formula is C15H18N4O2. The summed E-state index contributed by atoms with van der Waals surface area (Å²) in [5, 5.41) is 7.16. The van der Waals surface area contributed by atoms with E-state index in [-0.39, 0.29) is 11.9 Å². The number of aromatic nitrogens is 2. The van der Waals surface area contributed by atoms with E-state index in [1.165, 1.54) is 0 Å². The molecule has 1 aromatic heterocycles. The molecule has 1 aromatic carbocycles. The number of hydrogen-bond donors (Lipinski definition) is 1. The maximum atomic E-state index is 12.8. The fourth-order valence-corrected chi connectivity index (χ4v) is 2.54. The van der Waals surface area contributed by atoms with E-state index in [0.717, 1.165) is 13.0 Å². The second-order valence-electron chi connectivity index (χ2n) is 5.12. The minimum atomic E-state index is -0.221. The number of rotatable bonds is 2. The number of amides is 1. The van der Waals surface area contributed by atoms with Crippen LogP contribution in [0.15, 0.2) is 34.9 Å². The molecule has 0 radical (unpaired) electrons. The van der Waals surface area contributed by atoms with Gasteiger partial charge in [0.2, 0.25) is 0 Å². The maximum absolute atomic E-state index is 12.8. The fraction of sp³-hybridized carbons (Fsp3) is 0.400. The minimum Gasteiger partial charge on any atom is -0.337 e. The molecule has 6 nitrogen and oxygen atoms in total. The first-order valence-corrected chi connectivity index (χ1v) is 7.12. The largest absolute Gasteiger partial charge is 0.337 e. The molecule has 0 saturated carbocycles. The van der Waals surface area contributed by atoms with Crippen molar-refractivity contribution in [1.82, 2.24) is 20.4 Å². The van der Waals surface area contributed by atoms with Gasteiger partial charge in [-0.15, -0.1) is 0 Å². The number of carbonyl (C=O) groups excluding carboxylic acids is 1. The molecule has 0 bridgehead atoms. The molecule has 1 N–H and O–H groups in total. The van der Waals surface area contributed by atoms with Crippen LogP contribution in [0.3, 0.4) is 0 Å². The van der Waals surface area contributed by atoms with Crippen molar-refractivity contribution in [3.8, 4) is 0 Å². The molecule has 0 unspecified atom stereocenters. The molecule has 0 spiro atoms. The lowest BCUT2D eigenvalue weighted by Crippen LogP contribution is -2.37. The number of benzene rings is 1. The van der Waals surface area contributed by atoms with Crippen LogP contribution < -0.4 is 5.32 Å². The number of aryl methyl sites for hydroxylation is 1. The van der Waals surface area contributed by atoms with Gasteiger partial charge in [0.05, 0.1) is 0 Å². The second kappa shape index (κ2) is 6.05. The quantitative estimate of drug-likeness (QED) is 0.907. The van der Waals surface area contributed by atoms with Gasteiger partial charge in [-0.3, -0.25) is 4.79 Å². The van der Waals surface area contributed by atoms with Crippen molar-refractivity contribution in [2.24, 2.45) is 0 Å². The summed E-state index contributed by atoms with van der Waals surface area (Å²) < 4.78 is 5.28. The summed E-state index contributed by atoms with van der Waals surface area (Å²) in [7, 11) is 0. The lowest BCUT2D eigenvalue weighted by atomic mass is 10.1. The highest BCUT2D eigenvalue weighted by atomic mass is 16.5. The SMILES string of the molecule is Cc1noc([C@@H]2CNCCCN2C(=O)c2ccccc2)n1. The van der Waals surface area contributed by atoms with Crippen molar-refractivity contribution < 1.29 is 9.32 Å². The van der Waals surface area contributed by atoms with E-state index in [1.54, 1.807) is 6.92 Å². The Morgan fingerprint density at radius 3 is 2.90 bits per heavy atom. The Labute approximate surface area is 123 Å². The van der Waals surface area contributed by atoms with E-state index < -0.39 is 0 Å². The van der Waals surface area contributed by atoms with Crippen LogP contribution in [-0.2, 0) is 0 Å². The lowest BCUT2D eigenvalue weighted by Gasteiger charge is -2.27. The first kappa shape index (κ1) is 13.8. The van der Waals surface area contributed by atoms with E-state index in [0.29, 0.717) is 30.4 Å². The standard InChI is InChI=1S/C15H18N4O2/c1-11-17-14(21-18-11)13-10-16-8-5-9-19(13)15(20)12-6-3-2-4-7-12/h2-4,6-7,13,16H,5,8-10H2,1H3/t13-/m0/s1. The van der Waals surface area contributed by atoms with Crippen molar-refractivity contribution in [1.29, 1.82) is 0 Å². The van der Waals surface area contributed by atoms with Gasteiger partial charge in [0, 0.05) is 18.7 Å². The molecule has 110 valence electrons. The molecule has 1 saturated heterocycles. The van der Waals surface area contributed by atoms with E-state index in [2.05, 4.69) is 15.5 Å². The Morgan fingerprint density at radius 1 is 1.38 bits per heavy atom. The summed E-state index contributed by atoms with van der Waals surface area (Å²) in [5.41, 5.74) is 0.681. The molecule has 6 heteroatoms. The predicted octanol–water partition coefficient (Wildman–Crippen LogP) is 1.55. The molecule has 1 fully saturated rings. The average molecular weight is 286 g/mol. The molecule has 2 aromatic rings. The summed E-state index contributed by atoms with van der Waals surface area (Å²) in [6.07, 6.45) is 0.905. The van der Waals surface area contributed by atoms with Crippen LogP contribution in [0, 0.1) is 6.92 Å². The Bertz CT molecular complexity index is 611. The van der Waals surface area contributed by atoms with Crippen LogP contribution in [0.5, 0.6) is 0 Å². The second-order valence-corrected chi connectivity index (χ2v) is 5.12. The van der Waals surface area contributed by atoms with Crippen molar-refractivity contribution in [3.63, 3.8) is 0 Å². The minimum absolute atomic E-state index is 0.000142. The van der Waals surface area contributed by atoms with Crippen LogP contribution in [0.2, 0.25) is 0 Å². The van der Waals surface area contributed by atoms with Gasteiger partial charge in [0.1, 0.15) is 6.04 Å². The van der Waals surface area contributed by atoms with Crippen LogP contribution in [0.1, 0.15) is 34.5 Å². The summed E-state index contributed by atoms with van der Waals surface area (Å²) in [5.74, 6) is 1.08. The number of carbonyl (C=O) groups is 1. The third kappa shape index (κ3) is 2.95. The Hall–Kier alpha value is -2.21. The zero-order valence-corrected chi connectivity index (χ0v) is 12.0. The monoisotopic (exact) mass is 286 g/mol. The number of nitrogens with one attached hydrogen (secondary N) is 1. The van der Waals surface area contributed by atoms with Gasteiger partial charge in [-0.1, -0.05) is 23.4 Å². The van der Waals surface area contributed by atoms with Gasteiger partial charge in [-0.2, -0.15) is 4.98 Å². The summed E-state index contributed by atoms with van der Waals surface area (Å²) in [4.78, 5) is 18.9. The van der Waals surface area contributed by atoms with Crippen LogP contribution in [-0.4, -0.2) is 40.6 Å². The smallest absolute Gasteiger partial charge is 0.254 e. The Morgan fingerprint density at radius 2 is 2.19 bits per heavy atom. The molecular weight excluding hydrogens is 268 g/mol. The van der Waals surface area contributed by atoms with Crippen molar-refractivity contribution in [3.05, 3.63) is 47.6 Å². The third-order valence-corrected chi connectivity index (χ3v) is 3.58. The molecule has 2 heterocycles. The van der Waals surface area contributed by atoms with Gasteiger partial charge in [0.25, 0.3) is 11.8 Å². The van der Waals surface area contributed by atoms with Crippen LogP contribution in [0.25, 0.3) is 0 Å². The predicted molar refractivity (Wildman–Crippen MR) is 76.7 cm³/mol. The van der Waals surface area contributed by atoms with E-state index in [9.17, 15) is 4.79 Å². The molecule has 1 aliphatic heterocycles. The highest BCUT2D eigenvalue weighted by Crippen LogP contribution is 2.23. The molecule has 3 rings (SSSR count). The third-order valence-electron chi connectivity index (χ3n) is 3.58. The van der Waals surface area contributed by atoms with Gasteiger partial charge in [-0.25, -0.2) is 0 Å². The van der Waals surface area contributed by atoms with E-state index in [4.69, 9.17) is 4.52 Å². The topological polar surface area (TPSA) is 71.3 Å². The molecule has 1 atom stereocenters. The van der Waals surface area contributed by atoms with Gasteiger partial charge >= 0.3 is 0 Å². The van der Waals surface area contributed by atoms with E-state index >= 15 is 0 Å². The van der Waals surface area contributed by atoms with Gasteiger partial charge < -0.3 is 14.7 Å². The van der Waals surface area contributed by atoms with Crippen molar-refractivity contribution in [2.45, 2.75) is 19.4 Å². The molecule has 21 heavy (non-hydrogen) atoms.